The summed E-state index contributed by atoms with van der Waals surface area (Å²) < 4.78 is 0. The Kier molecular flexibility index (Phi) is 4.96. The van der Waals surface area contributed by atoms with E-state index in [1.807, 2.05) is 25.1 Å². The van der Waals surface area contributed by atoms with Crippen LogP contribution in [-0.2, 0) is 6.54 Å². The number of ketones is 1. The molecule has 0 radical (unpaired) electrons. The molecule has 0 aromatic carbocycles. The topological polar surface area (TPSA) is 43.8 Å². The number of carbonyl (C=O) groups excluding carboxylic acids is 1. The van der Waals surface area contributed by atoms with Crippen molar-refractivity contribution in [3.63, 3.8) is 0 Å². The van der Waals surface area contributed by atoms with E-state index in [1.54, 1.807) is 6.92 Å². The van der Waals surface area contributed by atoms with E-state index in [0.717, 1.165) is 30.8 Å². The van der Waals surface area contributed by atoms with Crippen molar-refractivity contribution < 1.29 is 9.90 Å². The second-order valence-electron chi connectivity index (χ2n) is 6.15. The van der Waals surface area contributed by atoms with Crippen LogP contribution in [0.5, 0.6) is 0 Å². The van der Waals surface area contributed by atoms with Gasteiger partial charge in [-0.2, -0.15) is 0 Å². The number of likely N-dealkylation sites (tertiary alicyclic amines) is 1. The molecule has 5 heteroatoms. The molecule has 1 atom stereocenters. The van der Waals surface area contributed by atoms with Crippen molar-refractivity contribution in [2.75, 3.05) is 33.7 Å². The third-order valence-corrected chi connectivity index (χ3v) is 4.73. The zero-order valence-electron chi connectivity index (χ0n) is 12.6. The third kappa shape index (κ3) is 4.12. The highest BCUT2D eigenvalue weighted by molar-refractivity contribution is 7.12. The molecule has 1 unspecified atom stereocenters. The molecule has 1 saturated heterocycles. The number of Topliss-reactive ketones (excluding diaryl/α,β-unsaturated/α-hetero) is 1. The van der Waals surface area contributed by atoms with Crippen molar-refractivity contribution in [1.29, 1.82) is 0 Å². The summed E-state index contributed by atoms with van der Waals surface area (Å²) in [6.45, 7) is 4.84. The number of β-amino-alcohol motifs (C(OH)–C–C–N with tert-alkyl or cyclic N) is 1. The Hall–Kier alpha value is -0.750. The van der Waals surface area contributed by atoms with Gasteiger partial charge in [-0.25, -0.2) is 0 Å². The van der Waals surface area contributed by atoms with Crippen LogP contribution in [0.15, 0.2) is 11.4 Å². The van der Waals surface area contributed by atoms with E-state index in [4.69, 9.17) is 0 Å². The average Bonchev–Trinajstić information content (AvgIpc) is 2.75. The van der Waals surface area contributed by atoms with Gasteiger partial charge in [-0.1, -0.05) is 0 Å². The maximum atomic E-state index is 11.3. The first kappa shape index (κ1) is 15.6. The summed E-state index contributed by atoms with van der Waals surface area (Å²) in [4.78, 5) is 16.5. The molecule has 1 aliphatic heterocycles. The molecule has 112 valence electrons. The largest absolute Gasteiger partial charge is 0.387 e. The molecule has 1 aromatic rings. The molecule has 20 heavy (non-hydrogen) atoms. The van der Waals surface area contributed by atoms with E-state index in [-0.39, 0.29) is 5.78 Å². The van der Waals surface area contributed by atoms with Crippen LogP contribution in [0.2, 0.25) is 0 Å². The molecule has 0 spiro atoms. The Morgan fingerprint density at radius 3 is 2.90 bits per heavy atom. The standard InChI is InChI=1S/C15H24N2O2S/c1-12(18)14-7-13(9-20-14)8-17-6-4-5-15(19,11-17)10-16(2)3/h7,9,19H,4-6,8,10-11H2,1-3H3. The Balaban J connectivity index is 1.96. The van der Waals surface area contributed by atoms with Gasteiger partial charge >= 0.3 is 0 Å². The van der Waals surface area contributed by atoms with Crippen molar-refractivity contribution >= 4 is 17.1 Å². The number of rotatable bonds is 5. The summed E-state index contributed by atoms with van der Waals surface area (Å²) in [5.74, 6) is 0.129. The Morgan fingerprint density at radius 2 is 2.30 bits per heavy atom. The third-order valence-electron chi connectivity index (χ3n) is 3.65. The molecular formula is C15H24N2O2S. The van der Waals surface area contributed by atoms with Crippen LogP contribution in [0.4, 0.5) is 0 Å². The summed E-state index contributed by atoms with van der Waals surface area (Å²) in [5, 5.41) is 12.7. The van der Waals surface area contributed by atoms with E-state index in [1.165, 1.54) is 16.9 Å². The van der Waals surface area contributed by atoms with Gasteiger partial charge in [-0.05, 0) is 57.4 Å². The SMILES string of the molecule is CC(=O)c1cc(CN2CCCC(O)(CN(C)C)C2)cs1. The van der Waals surface area contributed by atoms with Crippen LogP contribution in [0.3, 0.4) is 0 Å². The highest BCUT2D eigenvalue weighted by atomic mass is 32.1. The van der Waals surface area contributed by atoms with Gasteiger partial charge in [-0.3, -0.25) is 9.69 Å². The molecule has 4 nitrogen and oxygen atoms in total. The van der Waals surface area contributed by atoms with E-state index in [9.17, 15) is 9.90 Å². The van der Waals surface area contributed by atoms with Gasteiger partial charge in [0, 0.05) is 19.6 Å². The van der Waals surface area contributed by atoms with Crippen molar-refractivity contribution in [1.82, 2.24) is 9.80 Å². The molecule has 2 heterocycles. The summed E-state index contributed by atoms with van der Waals surface area (Å²) in [6, 6.07) is 1.98. The van der Waals surface area contributed by atoms with Gasteiger partial charge in [0.25, 0.3) is 0 Å². The smallest absolute Gasteiger partial charge is 0.169 e. The molecule has 0 aliphatic carbocycles. The fraction of sp³-hybridized carbons (Fsp3) is 0.667. The maximum absolute atomic E-state index is 11.3. The lowest BCUT2D eigenvalue weighted by Crippen LogP contribution is -2.52. The lowest BCUT2D eigenvalue weighted by Gasteiger charge is -2.40. The number of hydrogen-bond donors (Lipinski definition) is 1. The van der Waals surface area contributed by atoms with Crippen molar-refractivity contribution in [3.05, 3.63) is 21.9 Å². The number of likely N-dealkylation sites (N-methyl/N-ethyl adjacent to an activating group) is 1. The minimum absolute atomic E-state index is 0.129. The molecule has 1 N–H and O–H groups in total. The maximum Gasteiger partial charge on any atom is 0.169 e. The normalized spacial score (nSPS) is 24.2. The van der Waals surface area contributed by atoms with Crippen molar-refractivity contribution in [2.24, 2.45) is 0 Å². The van der Waals surface area contributed by atoms with Crippen LogP contribution in [0.25, 0.3) is 0 Å². The van der Waals surface area contributed by atoms with Crippen LogP contribution in [-0.4, -0.2) is 60.0 Å². The number of hydrogen-bond acceptors (Lipinski definition) is 5. The van der Waals surface area contributed by atoms with E-state index < -0.39 is 5.60 Å². The lowest BCUT2D eigenvalue weighted by molar-refractivity contribution is -0.0479. The van der Waals surface area contributed by atoms with Gasteiger partial charge in [0.1, 0.15) is 0 Å². The van der Waals surface area contributed by atoms with Crippen molar-refractivity contribution in [3.8, 4) is 0 Å². The zero-order valence-corrected chi connectivity index (χ0v) is 13.4. The Labute approximate surface area is 125 Å². The molecule has 1 fully saturated rings. The number of carbonyl (C=O) groups is 1. The Morgan fingerprint density at radius 1 is 1.55 bits per heavy atom. The van der Waals surface area contributed by atoms with E-state index >= 15 is 0 Å². The zero-order chi connectivity index (χ0) is 14.8. The van der Waals surface area contributed by atoms with Crippen LogP contribution < -0.4 is 0 Å². The molecule has 0 bridgehead atoms. The minimum Gasteiger partial charge on any atom is -0.387 e. The quantitative estimate of drug-likeness (QED) is 0.842. The highest BCUT2D eigenvalue weighted by Gasteiger charge is 2.33. The molecule has 0 amide bonds. The number of piperidine rings is 1. The molecule has 1 aliphatic rings. The van der Waals surface area contributed by atoms with Gasteiger partial charge in [0.15, 0.2) is 5.78 Å². The molecule has 1 aromatic heterocycles. The van der Waals surface area contributed by atoms with Gasteiger partial charge in [0.2, 0.25) is 0 Å². The predicted molar refractivity (Wildman–Crippen MR) is 82.3 cm³/mol. The predicted octanol–water partition coefficient (Wildman–Crippen LogP) is 1.84. The van der Waals surface area contributed by atoms with Gasteiger partial charge in [-0.15, -0.1) is 11.3 Å². The van der Waals surface area contributed by atoms with Gasteiger partial charge < -0.3 is 10.0 Å². The number of thiophene rings is 1. The first-order valence-electron chi connectivity index (χ1n) is 7.06. The second-order valence-corrected chi connectivity index (χ2v) is 7.06. The highest BCUT2D eigenvalue weighted by Crippen LogP contribution is 2.24. The number of aliphatic hydroxyl groups is 1. The summed E-state index contributed by atoms with van der Waals surface area (Å²) in [5.41, 5.74) is 0.565. The monoisotopic (exact) mass is 296 g/mol. The molecule has 2 rings (SSSR count). The van der Waals surface area contributed by atoms with E-state index in [2.05, 4.69) is 10.3 Å². The fourth-order valence-corrected chi connectivity index (χ4v) is 3.77. The lowest BCUT2D eigenvalue weighted by atomic mass is 9.92. The average molecular weight is 296 g/mol. The van der Waals surface area contributed by atoms with Crippen LogP contribution >= 0.6 is 11.3 Å². The summed E-state index contributed by atoms with van der Waals surface area (Å²) in [7, 11) is 3.99. The van der Waals surface area contributed by atoms with Crippen LogP contribution in [0, 0.1) is 0 Å². The summed E-state index contributed by atoms with van der Waals surface area (Å²) in [6.07, 6.45) is 1.89. The number of nitrogens with zero attached hydrogens (tertiary/aromatic N) is 2. The van der Waals surface area contributed by atoms with E-state index in [0.29, 0.717) is 13.1 Å². The molecule has 0 saturated carbocycles. The van der Waals surface area contributed by atoms with Gasteiger partial charge in [0.05, 0.1) is 10.5 Å². The second kappa shape index (κ2) is 6.35. The minimum atomic E-state index is -0.610. The first-order valence-corrected chi connectivity index (χ1v) is 7.94. The summed E-state index contributed by atoms with van der Waals surface area (Å²) >= 11 is 1.51. The van der Waals surface area contributed by atoms with Crippen LogP contribution in [0.1, 0.15) is 35.0 Å². The Bertz CT molecular complexity index is 472. The first-order chi connectivity index (χ1) is 9.38. The molecular weight excluding hydrogens is 272 g/mol. The van der Waals surface area contributed by atoms with Crippen molar-refractivity contribution in [2.45, 2.75) is 31.9 Å². The fourth-order valence-electron chi connectivity index (χ4n) is 2.96.